The summed E-state index contributed by atoms with van der Waals surface area (Å²) in [6, 6.07) is 2.14. The third-order valence-corrected chi connectivity index (χ3v) is 3.40. The van der Waals surface area contributed by atoms with Crippen LogP contribution in [-0.2, 0) is 11.3 Å². The molecular weight excluding hydrogens is 226 g/mol. The summed E-state index contributed by atoms with van der Waals surface area (Å²) in [5, 5.41) is 0. The standard InChI is InChI=1S/C14H23N3O/c1-9-5-14(13(6-15)12(4)16-9)17-7-10(2)18-11(3)8-17/h5,10-11H,6-8,15H2,1-4H3. The third kappa shape index (κ3) is 2.65. The van der Waals surface area contributed by atoms with Crippen LogP contribution in [-0.4, -0.2) is 30.3 Å². The minimum absolute atomic E-state index is 0.258. The fourth-order valence-electron chi connectivity index (χ4n) is 2.74. The lowest BCUT2D eigenvalue weighted by molar-refractivity contribution is -0.00527. The molecule has 1 fully saturated rings. The van der Waals surface area contributed by atoms with E-state index in [1.165, 1.54) is 5.69 Å². The van der Waals surface area contributed by atoms with Crippen molar-refractivity contribution in [3.63, 3.8) is 0 Å². The second kappa shape index (κ2) is 5.24. The average molecular weight is 249 g/mol. The molecule has 2 heterocycles. The zero-order valence-electron chi connectivity index (χ0n) is 11.7. The van der Waals surface area contributed by atoms with E-state index < -0.39 is 0 Å². The predicted octanol–water partition coefficient (Wildman–Crippen LogP) is 1.77. The second-order valence-corrected chi connectivity index (χ2v) is 5.21. The number of ether oxygens (including phenoxy) is 1. The summed E-state index contributed by atoms with van der Waals surface area (Å²) in [5.74, 6) is 0. The van der Waals surface area contributed by atoms with Gasteiger partial charge in [0.15, 0.2) is 0 Å². The maximum atomic E-state index is 5.88. The fourth-order valence-corrected chi connectivity index (χ4v) is 2.74. The topological polar surface area (TPSA) is 51.4 Å². The van der Waals surface area contributed by atoms with Crippen LogP contribution in [0, 0.1) is 13.8 Å². The molecule has 4 heteroatoms. The molecule has 0 amide bonds. The molecule has 0 aromatic carbocycles. The Morgan fingerprint density at radius 3 is 2.50 bits per heavy atom. The summed E-state index contributed by atoms with van der Waals surface area (Å²) in [6.45, 7) is 10.7. The van der Waals surface area contributed by atoms with Crippen molar-refractivity contribution >= 4 is 5.69 Å². The summed E-state index contributed by atoms with van der Waals surface area (Å²) in [5.41, 5.74) is 10.3. The summed E-state index contributed by atoms with van der Waals surface area (Å²) >= 11 is 0. The Kier molecular flexibility index (Phi) is 3.88. The van der Waals surface area contributed by atoms with Crippen molar-refractivity contribution < 1.29 is 4.74 Å². The van der Waals surface area contributed by atoms with Gasteiger partial charge in [0.2, 0.25) is 0 Å². The molecule has 0 spiro atoms. The molecule has 2 atom stereocenters. The monoisotopic (exact) mass is 249 g/mol. The van der Waals surface area contributed by atoms with Gasteiger partial charge in [-0.05, 0) is 33.8 Å². The van der Waals surface area contributed by atoms with Gasteiger partial charge in [0.25, 0.3) is 0 Å². The van der Waals surface area contributed by atoms with E-state index in [0.29, 0.717) is 6.54 Å². The molecule has 1 aliphatic heterocycles. The number of rotatable bonds is 2. The zero-order valence-corrected chi connectivity index (χ0v) is 11.7. The van der Waals surface area contributed by atoms with Gasteiger partial charge in [0.05, 0.1) is 12.2 Å². The van der Waals surface area contributed by atoms with Crippen LogP contribution >= 0.6 is 0 Å². The van der Waals surface area contributed by atoms with Crippen molar-refractivity contribution in [1.29, 1.82) is 0 Å². The molecule has 1 aliphatic rings. The van der Waals surface area contributed by atoms with Crippen LogP contribution in [0.3, 0.4) is 0 Å². The lowest BCUT2D eigenvalue weighted by Crippen LogP contribution is -2.46. The second-order valence-electron chi connectivity index (χ2n) is 5.21. The van der Waals surface area contributed by atoms with Crippen molar-refractivity contribution in [3.05, 3.63) is 23.0 Å². The summed E-state index contributed by atoms with van der Waals surface area (Å²) < 4.78 is 5.78. The number of anilines is 1. The summed E-state index contributed by atoms with van der Waals surface area (Å²) in [7, 11) is 0. The lowest BCUT2D eigenvalue weighted by Gasteiger charge is -2.38. The number of aryl methyl sites for hydroxylation is 2. The minimum Gasteiger partial charge on any atom is -0.372 e. The quantitative estimate of drug-likeness (QED) is 0.868. The molecule has 0 radical (unpaired) electrons. The maximum absolute atomic E-state index is 5.88. The van der Waals surface area contributed by atoms with Gasteiger partial charge in [0.1, 0.15) is 0 Å². The Labute approximate surface area is 109 Å². The smallest absolute Gasteiger partial charge is 0.0726 e. The third-order valence-electron chi connectivity index (χ3n) is 3.40. The molecule has 2 rings (SSSR count). The molecule has 4 nitrogen and oxygen atoms in total. The normalized spacial score (nSPS) is 24.4. The van der Waals surface area contributed by atoms with Crippen molar-refractivity contribution in [2.45, 2.75) is 46.4 Å². The highest BCUT2D eigenvalue weighted by molar-refractivity contribution is 5.56. The Morgan fingerprint density at radius 2 is 1.94 bits per heavy atom. The van der Waals surface area contributed by atoms with Gasteiger partial charge < -0.3 is 15.4 Å². The molecule has 1 saturated heterocycles. The molecule has 0 aliphatic carbocycles. The first kappa shape index (κ1) is 13.3. The molecule has 1 aromatic rings. The van der Waals surface area contributed by atoms with Crippen molar-refractivity contribution in [3.8, 4) is 0 Å². The van der Waals surface area contributed by atoms with Crippen LogP contribution in [0.1, 0.15) is 30.8 Å². The van der Waals surface area contributed by atoms with Gasteiger partial charge in [-0.3, -0.25) is 4.98 Å². The highest BCUT2D eigenvalue weighted by Gasteiger charge is 2.24. The molecule has 0 saturated carbocycles. The number of nitrogens with two attached hydrogens (primary N) is 1. The maximum Gasteiger partial charge on any atom is 0.0726 e. The Bertz CT molecular complexity index is 423. The number of hydrogen-bond donors (Lipinski definition) is 1. The van der Waals surface area contributed by atoms with Crippen molar-refractivity contribution in [2.75, 3.05) is 18.0 Å². The van der Waals surface area contributed by atoms with Crippen LogP contribution in [0.4, 0.5) is 5.69 Å². The van der Waals surface area contributed by atoms with E-state index in [9.17, 15) is 0 Å². The highest BCUT2D eigenvalue weighted by Crippen LogP contribution is 2.26. The van der Waals surface area contributed by atoms with Crippen molar-refractivity contribution in [2.24, 2.45) is 5.73 Å². The largest absolute Gasteiger partial charge is 0.372 e. The number of pyridine rings is 1. The predicted molar refractivity (Wildman–Crippen MR) is 73.8 cm³/mol. The van der Waals surface area contributed by atoms with Gasteiger partial charge in [-0.15, -0.1) is 0 Å². The molecule has 0 bridgehead atoms. The lowest BCUT2D eigenvalue weighted by atomic mass is 10.1. The number of nitrogens with zero attached hydrogens (tertiary/aromatic N) is 2. The highest BCUT2D eigenvalue weighted by atomic mass is 16.5. The van der Waals surface area contributed by atoms with Crippen LogP contribution in [0.25, 0.3) is 0 Å². The average Bonchev–Trinajstić information content (AvgIpc) is 2.26. The SMILES string of the molecule is Cc1cc(N2CC(C)OC(C)C2)c(CN)c(C)n1. The Hall–Kier alpha value is -1.13. The molecule has 2 N–H and O–H groups in total. The van der Waals surface area contributed by atoms with E-state index in [1.54, 1.807) is 0 Å². The fraction of sp³-hybridized carbons (Fsp3) is 0.643. The van der Waals surface area contributed by atoms with E-state index in [-0.39, 0.29) is 12.2 Å². The van der Waals surface area contributed by atoms with E-state index in [2.05, 4.69) is 29.8 Å². The van der Waals surface area contributed by atoms with E-state index in [1.807, 2.05) is 13.8 Å². The molecule has 100 valence electrons. The van der Waals surface area contributed by atoms with E-state index >= 15 is 0 Å². The molecule has 18 heavy (non-hydrogen) atoms. The Balaban J connectivity index is 2.37. The first-order chi connectivity index (χ1) is 8.51. The van der Waals surface area contributed by atoms with Gasteiger partial charge >= 0.3 is 0 Å². The van der Waals surface area contributed by atoms with Crippen LogP contribution in [0.5, 0.6) is 0 Å². The van der Waals surface area contributed by atoms with Crippen molar-refractivity contribution in [1.82, 2.24) is 4.98 Å². The zero-order chi connectivity index (χ0) is 13.3. The van der Waals surface area contributed by atoms with Gasteiger partial charge in [-0.2, -0.15) is 0 Å². The number of hydrogen-bond acceptors (Lipinski definition) is 4. The van der Waals surface area contributed by atoms with E-state index in [4.69, 9.17) is 10.5 Å². The minimum atomic E-state index is 0.258. The number of morpholine rings is 1. The molecular formula is C14H23N3O. The molecule has 1 aromatic heterocycles. The Morgan fingerprint density at radius 1 is 1.33 bits per heavy atom. The van der Waals surface area contributed by atoms with Gasteiger partial charge in [0, 0.05) is 42.3 Å². The van der Waals surface area contributed by atoms with Crippen LogP contribution < -0.4 is 10.6 Å². The van der Waals surface area contributed by atoms with E-state index in [0.717, 1.165) is 30.0 Å². The van der Waals surface area contributed by atoms with Crippen LogP contribution in [0.2, 0.25) is 0 Å². The van der Waals surface area contributed by atoms with Gasteiger partial charge in [-0.1, -0.05) is 0 Å². The first-order valence-corrected chi connectivity index (χ1v) is 6.59. The van der Waals surface area contributed by atoms with Gasteiger partial charge in [-0.25, -0.2) is 0 Å². The number of aromatic nitrogens is 1. The first-order valence-electron chi connectivity index (χ1n) is 6.59. The summed E-state index contributed by atoms with van der Waals surface area (Å²) in [6.07, 6.45) is 0.515. The molecule has 2 unspecified atom stereocenters. The summed E-state index contributed by atoms with van der Waals surface area (Å²) in [4.78, 5) is 6.88. The van der Waals surface area contributed by atoms with Crippen LogP contribution in [0.15, 0.2) is 6.07 Å².